The van der Waals surface area contributed by atoms with Crippen molar-refractivity contribution in [3.63, 3.8) is 0 Å². The van der Waals surface area contributed by atoms with Crippen LogP contribution in [0.2, 0.25) is 0 Å². The second kappa shape index (κ2) is 8.99. The molecule has 3 heterocycles. The van der Waals surface area contributed by atoms with Crippen molar-refractivity contribution in [2.75, 3.05) is 22.1 Å². The Morgan fingerprint density at radius 2 is 1.91 bits per heavy atom. The Morgan fingerprint density at radius 1 is 1.09 bits per heavy atom. The molecule has 1 aliphatic rings. The number of nitrogens with one attached hydrogen (secondary N) is 2. The molecule has 1 fully saturated rings. The molecule has 1 atom stereocenters. The van der Waals surface area contributed by atoms with Crippen molar-refractivity contribution in [2.24, 2.45) is 0 Å². The van der Waals surface area contributed by atoms with Crippen LogP contribution in [0, 0.1) is 19.7 Å². The third-order valence-corrected chi connectivity index (χ3v) is 6.29. The number of nitrogens with zero attached hydrogens (tertiary/aromatic N) is 4. The lowest BCUT2D eigenvalue weighted by Crippen LogP contribution is -2.27. The zero-order chi connectivity index (χ0) is 22.8. The van der Waals surface area contributed by atoms with Gasteiger partial charge in [-0.2, -0.15) is 0 Å². The van der Waals surface area contributed by atoms with Gasteiger partial charge in [-0.1, -0.05) is 0 Å². The van der Waals surface area contributed by atoms with Gasteiger partial charge < -0.3 is 15.5 Å². The highest BCUT2D eigenvalue weighted by Gasteiger charge is 2.22. The average Bonchev–Trinajstić information content (AvgIpc) is 3.38. The van der Waals surface area contributed by atoms with Crippen molar-refractivity contribution in [1.82, 2.24) is 15.0 Å². The quantitative estimate of drug-likeness (QED) is 0.600. The number of anilines is 3. The molecule has 0 radical (unpaired) electrons. The predicted octanol–water partition coefficient (Wildman–Crippen LogP) is 4.18. The Hall–Kier alpha value is -3.40. The fourth-order valence-corrected chi connectivity index (χ4v) is 4.30. The molecule has 1 aliphatic heterocycles. The Labute approximate surface area is 188 Å². The first-order valence-electron chi connectivity index (χ1n) is 10.3. The SMILES string of the molecule is Cc1ncc(C(=O)Nc2cc(C(=O)Nc3cnc(N4CCC[C@@H]4C)cn3)c(F)cc2C)s1. The van der Waals surface area contributed by atoms with Gasteiger partial charge in [0.05, 0.1) is 29.2 Å². The molecule has 0 bridgehead atoms. The van der Waals surface area contributed by atoms with Gasteiger partial charge in [0.25, 0.3) is 11.8 Å². The smallest absolute Gasteiger partial charge is 0.267 e. The van der Waals surface area contributed by atoms with Crippen LogP contribution in [0.5, 0.6) is 0 Å². The van der Waals surface area contributed by atoms with Crippen LogP contribution in [0.3, 0.4) is 0 Å². The minimum Gasteiger partial charge on any atom is -0.353 e. The van der Waals surface area contributed by atoms with Crippen molar-refractivity contribution in [3.8, 4) is 0 Å². The fraction of sp³-hybridized carbons (Fsp3) is 0.318. The number of halogens is 1. The number of hydrogen-bond acceptors (Lipinski definition) is 7. The zero-order valence-corrected chi connectivity index (χ0v) is 18.8. The topological polar surface area (TPSA) is 100 Å². The van der Waals surface area contributed by atoms with E-state index in [0.717, 1.165) is 30.2 Å². The van der Waals surface area contributed by atoms with E-state index >= 15 is 0 Å². The minimum atomic E-state index is -0.692. The highest BCUT2D eigenvalue weighted by atomic mass is 32.1. The molecule has 2 N–H and O–H groups in total. The number of aryl methyl sites for hydroxylation is 2. The van der Waals surface area contributed by atoms with Crippen LogP contribution in [0.25, 0.3) is 0 Å². The molecule has 1 aromatic carbocycles. The van der Waals surface area contributed by atoms with Crippen LogP contribution in [-0.4, -0.2) is 39.4 Å². The Bertz CT molecular complexity index is 1160. The minimum absolute atomic E-state index is 0.203. The summed E-state index contributed by atoms with van der Waals surface area (Å²) in [6.45, 7) is 6.51. The molecule has 1 saturated heterocycles. The first-order chi connectivity index (χ1) is 15.3. The first kappa shape index (κ1) is 21.8. The monoisotopic (exact) mass is 454 g/mol. The average molecular weight is 455 g/mol. The number of benzene rings is 1. The molecule has 2 aromatic heterocycles. The van der Waals surface area contributed by atoms with Gasteiger partial charge in [0.1, 0.15) is 16.5 Å². The van der Waals surface area contributed by atoms with Gasteiger partial charge in [-0.3, -0.25) is 9.59 Å². The van der Waals surface area contributed by atoms with E-state index in [2.05, 4.69) is 37.4 Å². The third kappa shape index (κ3) is 4.59. The van der Waals surface area contributed by atoms with E-state index in [1.807, 2.05) is 0 Å². The van der Waals surface area contributed by atoms with Gasteiger partial charge in [-0.15, -0.1) is 11.3 Å². The van der Waals surface area contributed by atoms with Crippen molar-refractivity contribution < 1.29 is 14.0 Å². The molecular formula is C22H23FN6O2S. The molecule has 4 rings (SSSR count). The van der Waals surface area contributed by atoms with E-state index in [9.17, 15) is 14.0 Å². The Kier molecular flexibility index (Phi) is 6.13. The molecule has 0 spiro atoms. The van der Waals surface area contributed by atoms with Gasteiger partial charge in [0.2, 0.25) is 0 Å². The van der Waals surface area contributed by atoms with Gasteiger partial charge in [-0.05, 0) is 51.3 Å². The number of carbonyl (C=O) groups is 2. The normalized spacial score (nSPS) is 15.6. The predicted molar refractivity (Wildman–Crippen MR) is 122 cm³/mol. The summed E-state index contributed by atoms with van der Waals surface area (Å²) in [5.74, 6) is -0.770. The molecule has 166 valence electrons. The van der Waals surface area contributed by atoms with Gasteiger partial charge in [-0.25, -0.2) is 19.3 Å². The summed E-state index contributed by atoms with van der Waals surface area (Å²) in [7, 11) is 0. The molecule has 3 aromatic rings. The maximum Gasteiger partial charge on any atom is 0.267 e. The van der Waals surface area contributed by atoms with E-state index in [1.54, 1.807) is 20.0 Å². The van der Waals surface area contributed by atoms with E-state index < -0.39 is 11.7 Å². The Morgan fingerprint density at radius 3 is 2.53 bits per heavy atom. The lowest BCUT2D eigenvalue weighted by molar-refractivity contribution is 0.101. The highest BCUT2D eigenvalue weighted by molar-refractivity contribution is 7.13. The molecule has 0 saturated carbocycles. The Balaban J connectivity index is 1.49. The van der Waals surface area contributed by atoms with Crippen LogP contribution >= 0.6 is 11.3 Å². The van der Waals surface area contributed by atoms with Crippen molar-refractivity contribution in [2.45, 2.75) is 39.7 Å². The maximum atomic E-state index is 14.5. The van der Waals surface area contributed by atoms with E-state index in [-0.39, 0.29) is 17.3 Å². The summed E-state index contributed by atoms with van der Waals surface area (Å²) in [6, 6.07) is 2.93. The van der Waals surface area contributed by atoms with Crippen LogP contribution in [0.4, 0.5) is 21.7 Å². The van der Waals surface area contributed by atoms with Gasteiger partial charge >= 0.3 is 0 Å². The number of aromatic nitrogens is 3. The van der Waals surface area contributed by atoms with Crippen molar-refractivity contribution in [3.05, 3.63) is 57.6 Å². The molecular weight excluding hydrogens is 431 g/mol. The van der Waals surface area contributed by atoms with Gasteiger partial charge in [0, 0.05) is 18.3 Å². The fourth-order valence-electron chi connectivity index (χ4n) is 3.62. The highest BCUT2D eigenvalue weighted by Crippen LogP contribution is 2.25. The number of rotatable bonds is 5. The summed E-state index contributed by atoms with van der Waals surface area (Å²) in [6.07, 6.45) is 6.75. The molecule has 32 heavy (non-hydrogen) atoms. The standard InChI is InChI=1S/C22H23FN6O2S/c1-12-7-16(23)15(8-17(12)27-22(31)18-9-24-14(3)32-18)21(30)28-19-10-26-20(11-25-19)29-6-4-5-13(29)2/h7-11,13H,4-6H2,1-3H3,(H,27,31)(H,25,28,30)/t13-/m0/s1. The largest absolute Gasteiger partial charge is 0.353 e. The maximum absolute atomic E-state index is 14.5. The van der Waals surface area contributed by atoms with Gasteiger partial charge in [0.15, 0.2) is 5.82 Å². The van der Waals surface area contributed by atoms with Crippen LogP contribution in [-0.2, 0) is 0 Å². The molecule has 0 aliphatic carbocycles. The van der Waals surface area contributed by atoms with E-state index in [1.165, 1.54) is 35.9 Å². The summed E-state index contributed by atoms with van der Waals surface area (Å²) < 4.78 is 14.5. The molecule has 8 nitrogen and oxygen atoms in total. The number of carbonyl (C=O) groups excluding carboxylic acids is 2. The van der Waals surface area contributed by atoms with Crippen LogP contribution < -0.4 is 15.5 Å². The van der Waals surface area contributed by atoms with Crippen molar-refractivity contribution in [1.29, 1.82) is 0 Å². The summed E-state index contributed by atoms with van der Waals surface area (Å²) in [5.41, 5.74) is 0.639. The summed E-state index contributed by atoms with van der Waals surface area (Å²) >= 11 is 1.25. The molecule has 10 heteroatoms. The lowest BCUT2D eigenvalue weighted by atomic mass is 10.1. The zero-order valence-electron chi connectivity index (χ0n) is 18.0. The lowest BCUT2D eigenvalue weighted by Gasteiger charge is -2.22. The van der Waals surface area contributed by atoms with E-state index in [0.29, 0.717) is 22.2 Å². The third-order valence-electron chi connectivity index (χ3n) is 5.38. The van der Waals surface area contributed by atoms with Crippen LogP contribution in [0.1, 0.15) is 50.4 Å². The second-order valence-electron chi connectivity index (χ2n) is 7.74. The summed E-state index contributed by atoms with van der Waals surface area (Å²) in [4.78, 5) is 40.4. The number of hydrogen-bond donors (Lipinski definition) is 2. The van der Waals surface area contributed by atoms with E-state index in [4.69, 9.17) is 0 Å². The molecule has 0 unspecified atom stereocenters. The van der Waals surface area contributed by atoms with Crippen molar-refractivity contribution >= 4 is 40.5 Å². The first-order valence-corrected chi connectivity index (χ1v) is 11.1. The number of amides is 2. The van der Waals surface area contributed by atoms with Crippen LogP contribution in [0.15, 0.2) is 30.7 Å². The second-order valence-corrected chi connectivity index (χ2v) is 8.98. The summed E-state index contributed by atoms with van der Waals surface area (Å²) in [5, 5.41) is 6.05. The molecule has 2 amide bonds. The number of thiazole rings is 1.